The second-order valence-corrected chi connectivity index (χ2v) is 5.57. The monoisotopic (exact) mass is 332 g/mol. The fourth-order valence-corrected chi connectivity index (χ4v) is 2.31. The highest BCUT2D eigenvalue weighted by Gasteiger charge is 2.22. The van der Waals surface area contributed by atoms with Crippen molar-refractivity contribution < 1.29 is 19.8 Å². The molecule has 0 aliphatic heterocycles. The minimum Gasteiger partial charge on any atom is -0.508 e. The van der Waals surface area contributed by atoms with Gasteiger partial charge in [-0.2, -0.15) is 0 Å². The Morgan fingerprint density at radius 3 is 2.54 bits per heavy atom. The molecule has 8 nitrogen and oxygen atoms in total. The van der Waals surface area contributed by atoms with Crippen LogP contribution < -0.4 is 11.1 Å². The number of hydrogen-bond acceptors (Lipinski definition) is 5. The number of carbonyl (C=O) groups is 2. The van der Waals surface area contributed by atoms with E-state index in [-0.39, 0.29) is 18.6 Å². The maximum atomic E-state index is 12.0. The van der Waals surface area contributed by atoms with Crippen LogP contribution in [-0.4, -0.2) is 44.1 Å². The molecule has 0 saturated carbocycles. The quantitative estimate of drug-likeness (QED) is 0.467. The predicted molar refractivity (Wildman–Crippen MR) is 86.3 cm³/mol. The molecular weight excluding hydrogens is 312 g/mol. The molecule has 0 radical (unpaired) electrons. The zero-order chi connectivity index (χ0) is 17.5. The number of imidazole rings is 1. The van der Waals surface area contributed by atoms with Gasteiger partial charge in [0.1, 0.15) is 11.8 Å². The van der Waals surface area contributed by atoms with Gasteiger partial charge in [0.2, 0.25) is 5.91 Å². The topological polar surface area (TPSA) is 141 Å². The van der Waals surface area contributed by atoms with Crippen molar-refractivity contribution in [2.24, 2.45) is 5.73 Å². The third-order valence-corrected chi connectivity index (χ3v) is 3.49. The summed E-state index contributed by atoms with van der Waals surface area (Å²) in [5.74, 6) is -1.38. The number of H-pyrrole nitrogens is 1. The highest BCUT2D eigenvalue weighted by atomic mass is 16.4. The van der Waals surface area contributed by atoms with Crippen LogP contribution in [0.1, 0.15) is 17.7 Å². The SMILES string of the molecule is NC(CC(=O)N[C@H](Cc1cnc[nH]1)C(=O)O)Cc1ccc(O)cc1. The molecule has 0 aliphatic carbocycles. The zero-order valence-electron chi connectivity index (χ0n) is 13.0. The lowest BCUT2D eigenvalue weighted by molar-refractivity contribution is -0.141. The van der Waals surface area contributed by atoms with Gasteiger partial charge < -0.3 is 26.2 Å². The molecule has 8 heteroatoms. The number of aromatic nitrogens is 2. The molecule has 0 aliphatic rings. The predicted octanol–water partition coefficient (Wildman–Crippen LogP) is 0.187. The number of rotatable bonds is 8. The molecule has 2 atom stereocenters. The summed E-state index contributed by atoms with van der Waals surface area (Å²) in [7, 11) is 0. The van der Waals surface area contributed by atoms with E-state index < -0.39 is 24.0 Å². The van der Waals surface area contributed by atoms with E-state index >= 15 is 0 Å². The molecule has 0 fully saturated rings. The molecule has 1 unspecified atom stereocenters. The Balaban J connectivity index is 1.85. The summed E-state index contributed by atoms with van der Waals surface area (Å²) in [5, 5.41) is 20.9. The lowest BCUT2D eigenvalue weighted by Gasteiger charge is -2.16. The van der Waals surface area contributed by atoms with Crippen LogP contribution in [0, 0.1) is 0 Å². The van der Waals surface area contributed by atoms with Crippen LogP contribution in [0.15, 0.2) is 36.8 Å². The Kier molecular flexibility index (Phi) is 5.91. The summed E-state index contributed by atoms with van der Waals surface area (Å²) in [4.78, 5) is 29.9. The number of carbonyl (C=O) groups excluding carboxylic acids is 1. The fourth-order valence-electron chi connectivity index (χ4n) is 2.31. The standard InChI is InChI=1S/C16H20N4O4/c17-11(5-10-1-3-13(21)4-2-10)6-15(22)20-14(16(23)24)7-12-8-18-9-19-12/h1-4,8-9,11,14,21H,5-7,17H2,(H,18,19)(H,20,22)(H,23,24)/t11?,14-/m1/s1. The molecule has 1 aromatic carbocycles. The molecular formula is C16H20N4O4. The van der Waals surface area contributed by atoms with Crippen molar-refractivity contribution in [3.63, 3.8) is 0 Å². The van der Waals surface area contributed by atoms with Gasteiger partial charge in [0.25, 0.3) is 0 Å². The van der Waals surface area contributed by atoms with Crippen molar-refractivity contribution in [3.8, 4) is 5.75 Å². The van der Waals surface area contributed by atoms with Crippen LogP contribution in [0.5, 0.6) is 5.75 Å². The average molecular weight is 332 g/mol. The Morgan fingerprint density at radius 1 is 1.25 bits per heavy atom. The summed E-state index contributed by atoms with van der Waals surface area (Å²) in [6.07, 6.45) is 3.54. The highest BCUT2D eigenvalue weighted by molar-refractivity contribution is 5.84. The molecule has 1 aromatic heterocycles. The van der Waals surface area contributed by atoms with E-state index in [4.69, 9.17) is 5.73 Å². The van der Waals surface area contributed by atoms with Gasteiger partial charge in [-0.15, -0.1) is 0 Å². The van der Waals surface area contributed by atoms with Gasteiger partial charge >= 0.3 is 5.97 Å². The van der Waals surface area contributed by atoms with Crippen molar-refractivity contribution in [1.82, 2.24) is 15.3 Å². The molecule has 2 rings (SSSR count). The van der Waals surface area contributed by atoms with Crippen LogP contribution in [0.3, 0.4) is 0 Å². The molecule has 24 heavy (non-hydrogen) atoms. The number of amides is 1. The number of aliphatic carboxylic acids is 1. The Bertz CT molecular complexity index is 670. The second-order valence-electron chi connectivity index (χ2n) is 5.57. The number of nitrogens with one attached hydrogen (secondary N) is 2. The van der Waals surface area contributed by atoms with Crippen LogP contribution in [0.2, 0.25) is 0 Å². The Labute approximate surface area is 138 Å². The third kappa shape index (κ3) is 5.40. The smallest absolute Gasteiger partial charge is 0.326 e. The fraction of sp³-hybridized carbons (Fsp3) is 0.312. The van der Waals surface area contributed by atoms with Crippen LogP contribution in [0.4, 0.5) is 0 Å². The van der Waals surface area contributed by atoms with Gasteiger partial charge in [-0.25, -0.2) is 9.78 Å². The minimum absolute atomic E-state index is 0.00757. The molecule has 0 bridgehead atoms. The molecule has 0 spiro atoms. The first-order valence-electron chi connectivity index (χ1n) is 7.47. The van der Waals surface area contributed by atoms with Gasteiger partial charge in [0.05, 0.1) is 6.33 Å². The summed E-state index contributed by atoms with van der Waals surface area (Å²) in [5.41, 5.74) is 7.46. The Morgan fingerprint density at radius 2 is 1.96 bits per heavy atom. The van der Waals surface area contributed by atoms with Gasteiger partial charge in [-0.05, 0) is 24.1 Å². The number of hydrogen-bond donors (Lipinski definition) is 5. The van der Waals surface area contributed by atoms with Crippen molar-refractivity contribution in [3.05, 3.63) is 48.0 Å². The van der Waals surface area contributed by atoms with E-state index in [0.717, 1.165) is 5.56 Å². The van der Waals surface area contributed by atoms with Crippen molar-refractivity contribution in [2.75, 3.05) is 0 Å². The van der Waals surface area contributed by atoms with E-state index in [1.54, 1.807) is 24.3 Å². The van der Waals surface area contributed by atoms with Crippen LogP contribution in [0.25, 0.3) is 0 Å². The number of phenolic OH excluding ortho intramolecular Hbond substituents is 1. The van der Waals surface area contributed by atoms with E-state index in [2.05, 4.69) is 15.3 Å². The Hall–Kier alpha value is -2.87. The summed E-state index contributed by atoms with van der Waals surface area (Å²) >= 11 is 0. The average Bonchev–Trinajstić information content (AvgIpc) is 3.01. The van der Waals surface area contributed by atoms with Crippen LogP contribution in [-0.2, 0) is 22.4 Å². The van der Waals surface area contributed by atoms with Crippen molar-refractivity contribution in [2.45, 2.75) is 31.3 Å². The third-order valence-electron chi connectivity index (χ3n) is 3.49. The maximum Gasteiger partial charge on any atom is 0.326 e. The molecule has 128 valence electrons. The largest absolute Gasteiger partial charge is 0.508 e. The second kappa shape index (κ2) is 8.11. The van der Waals surface area contributed by atoms with E-state index in [0.29, 0.717) is 12.1 Å². The van der Waals surface area contributed by atoms with Crippen molar-refractivity contribution in [1.29, 1.82) is 0 Å². The number of carboxylic acid groups (broad SMARTS) is 1. The van der Waals surface area contributed by atoms with E-state index in [9.17, 15) is 19.8 Å². The molecule has 2 aromatic rings. The number of nitrogens with zero attached hydrogens (tertiary/aromatic N) is 1. The first-order chi connectivity index (χ1) is 11.4. The first kappa shape index (κ1) is 17.5. The summed E-state index contributed by atoms with van der Waals surface area (Å²) in [6, 6.07) is 5.06. The molecule has 6 N–H and O–H groups in total. The first-order valence-corrected chi connectivity index (χ1v) is 7.47. The number of aromatic hydroxyl groups is 1. The van der Waals surface area contributed by atoms with Gasteiger partial charge in [-0.1, -0.05) is 12.1 Å². The van der Waals surface area contributed by atoms with E-state index in [1.165, 1.54) is 12.5 Å². The number of benzene rings is 1. The number of phenols is 1. The van der Waals surface area contributed by atoms with Gasteiger partial charge in [0.15, 0.2) is 0 Å². The molecule has 1 heterocycles. The lowest BCUT2D eigenvalue weighted by atomic mass is 10.0. The summed E-state index contributed by atoms with van der Waals surface area (Å²) in [6.45, 7) is 0. The number of carboxylic acids is 1. The number of nitrogens with two attached hydrogens (primary N) is 1. The minimum atomic E-state index is -1.12. The molecule has 0 saturated heterocycles. The highest BCUT2D eigenvalue weighted by Crippen LogP contribution is 2.11. The zero-order valence-corrected chi connectivity index (χ0v) is 13.0. The van der Waals surface area contributed by atoms with Crippen molar-refractivity contribution >= 4 is 11.9 Å². The lowest BCUT2D eigenvalue weighted by Crippen LogP contribution is -2.44. The van der Waals surface area contributed by atoms with E-state index in [1.807, 2.05) is 0 Å². The normalized spacial score (nSPS) is 13.2. The number of aromatic amines is 1. The van der Waals surface area contributed by atoms with Gasteiger partial charge in [-0.3, -0.25) is 4.79 Å². The maximum absolute atomic E-state index is 12.0. The van der Waals surface area contributed by atoms with Gasteiger partial charge in [0, 0.05) is 30.8 Å². The van der Waals surface area contributed by atoms with Crippen LogP contribution >= 0.6 is 0 Å². The summed E-state index contributed by atoms with van der Waals surface area (Å²) < 4.78 is 0. The molecule has 1 amide bonds.